The second-order valence-electron chi connectivity index (χ2n) is 7.53. The third-order valence-corrected chi connectivity index (χ3v) is 5.20. The molecule has 0 fully saturated rings. The highest BCUT2D eigenvalue weighted by Crippen LogP contribution is 2.26. The van der Waals surface area contributed by atoms with Crippen molar-refractivity contribution in [2.75, 3.05) is 13.1 Å². The number of nitrogens with zero attached hydrogens (tertiary/aromatic N) is 1. The van der Waals surface area contributed by atoms with Crippen LogP contribution in [0.1, 0.15) is 77.3 Å². The number of hydrogen-bond acceptors (Lipinski definition) is 5. The highest BCUT2D eigenvalue weighted by atomic mass is 32.1. The first kappa shape index (κ1) is 28.0. The molecule has 0 bridgehead atoms. The van der Waals surface area contributed by atoms with Crippen molar-refractivity contribution in [1.82, 2.24) is 10.3 Å². The summed E-state index contributed by atoms with van der Waals surface area (Å²) < 4.78 is 1.20. The summed E-state index contributed by atoms with van der Waals surface area (Å²) in [6.45, 7) is 13.5. The fourth-order valence-corrected chi connectivity index (χ4v) is 3.42. The summed E-state index contributed by atoms with van der Waals surface area (Å²) in [7, 11) is 0. The van der Waals surface area contributed by atoms with E-state index in [2.05, 4.69) is 56.2 Å². The number of amides is 2. The maximum Gasteiger partial charge on any atom is 0.220 e. The third kappa shape index (κ3) is 11.9. The van der Waals surface area contributed by atoms with Crippen LogP contribution in [-0.4, -0.2) is 29.9 Å². The molecule has 5 N–H and O–H groups in total. The van der Waals surface area contributed by atoms with Crippen LogP contribution in [0.15, 0.2) is 18.2 Å². The zero-order valence-corrected chi connectivity index (χ0v) is 20.3. The zero-order chi connectivity index (χ0) is 23.1. The number of aryl methyl sites for hydroxylation is 1. The molecule has 0 spiro atoms. The van der Waals surface area contributed by atoms with Crippen LogP contribution >= 0.6 is 11.3 Å². The van der Waals surface area contributed by atoms with E-state index in [1.54, 1.807) is 11.3 Å². The molecule has 7 heteroatoms. The number of carbonyl (C=O) groups is 2. The van der Waals surface area contributed by atoms with E-state index in [0.29, 0.717) is 44.2 Å². The van der Waals surface area contributed by atoms with Gasteiger partial charge in [-0.2, -0.15) is 0 Å². The van der Waals surface area contributed by atoms with Crippen LogP contribution in [0.25, 0.3) is 10.2 Å². The molecule has 0 aliphatic rings. The zero-order valence-electron chi connectivity index (χ0n) is 19.5. The molecule has 1 aromatic heterocycles. The lowest BCUT2D eigenvalue weighted by Crippen LogP contribution is -2.29. The first-order chi connectivity index (χ1) is 14.2. The third-order valence-electron chi connectivity index (χ3n) is 4.12. The van der Waals surface area contributed by atoms with Gasteiger partial charge >= 0.3 is 0 Å². The van der Waals surface area contributed by atoms with Gasteiger partial charge in [0.2, 0.25) is 11.8 Å². The van der Waals surface area contributed by atoms with Crippen LogP contribution in [-0.2, 0) is 16.0 Å². The Morgan fingerprint density at radius 3 is 2.30 bits per heavy atom. The van der Waals surface area contributed by atoms with Crippen LogP contribution in [0.2, 0.25) is 0 Å². The van der Waals surface area contributed by atoms with Crippen molar-refractivity contribution in [2.24, 2.45) is 17.4 Å². The lowest BCUT2D eigenvalue weighted by Gasteiger charge is -2.03. The number of primary amides is 1. The van der Waals surface area contributed by atoms with Gasteiger partial charge in [0.05, 0.1) is 15.2 Å². The van der Waals surface area contributed by atoms with Gasteiger partial charge in [-0.1, -0.05) is 47.6 Å². The van der Waals surface area contributed by atoms with Crippen molar-refractivity contribution < 1.29 is 9.59 Å². The van der Waals surface area contributed by atoms with Gasteiger partial charge in [0.25, 0.3) is 0 Å². The molecule has 0 saturated carbocycles. The molecule has 0 aliphatic heterocycles. The van der Waals surface area contributed by atoms with Crippen LogP contribution in [0, 0.1) is 5.92 Å². The molecule has 2 aromatic rings. The van der Waals surface area contributed by atoms with Gasteiger partial charge in [-0.15, -0.1) is 11.3 Å². The van der Waals surface area contributed by atoms with E-state index in [4.69, 9.17) is 11.5 Å². The van der Waals surface area contributed by atoms with E-state index < -0.39 is 0 Å². The van der Waals surface area contributed by atoms with Crippen molar-refractivity contribution in [3.8, 4) is 0 Å². The highest BCUT2D eigenvalue weighted by molar-refractivity contribution is 7.18. The lowest BCUT2D eigenvalue weighted by atomic mass is 10.0. The average Bonchev–Trinajstić information content (AvgIpc) is 3.13. The van der Waals surface area contributed by atoms with Crippen LogP contribution < -0.4 is 16.8 Å². The summed E-state index contributed by atoms with van der Waals surface area (Å²) in [5, 5.41) is 3.79. The average molecular weight is 437 g/mol. The Morgan fingerprint density at radius 2 is 1.80 bits per heavy atom. The van der Waals surface area contributed by atoms with E-state index in [1.165, 1.54) is 10.3 Å². The molecule has 2 rings (SSSR count). The summed E-state index contributed by atoms with van der Waals surface area (Å²) >= 11 is 1.68. The van der Waals surface area contributed by atoms with Crippen LogP contribution in [0.3, 0.4) is 0 Å². The number of thiazole rings is 1. The Morgan fingerprint density at radius 1 is 1.13 bits per heavy atom. The number of rotatable bonds is 9. The Labute approximate surface area is 185 Å². The molecule has 1 heterocycles. The van der Waals surface area contributed by atoms with Crippen LogP contribution in [0.4, 0.5) is 0 Å². The molecular weight excluding hydrogens is 396 g/mol. The van der Waals surface area contributed by atoms with E-state index in [0.717, 1.165) is 16.9 Å². The molecule has 6 nitrogen and oxygen atoms in total. The predicted molar refractivity (Wildman–Crippen MR) is 129 cm³/mol. The van der Waals surface area contributed by atoms with Gasteiger partial charge in [-0.3, -0.25) is 9.59 Å². The molecular formula is C23H40N4O2S. The Bertz CT molecular complexity index is 757. The fourth-order valence-electron chi connectivity index (χ4n) is 2.41. The Hall–Kier alpha value is -1.99. The number of nitrogens with one attached hydrogen (secondary N) is 1. The van der Waals surface area contributed by atoms with Gasteiger partial charge in [0, 0.05) is 32.4 Å². The van der Waals surface area contributed by atoms with Gasteiger partial charge in [0.1, 0.15) is 0 Å². The van der Waals surface area contributed by atoms with Crippen molar-refractivity contribution in [3.05, 3.63) is 28.8 Å². The molecule has 0 atom stereocenters. The number of carbonyl (C=O) groups excluding carboxylic acids is 2. The van der Waals surface area contributed by atoms with E-state index in [1.807, 2.05) is 13.8 Å². The van der Waals surface area contributed by atoms with Crippen molar-refractivity contribution in [2.45, 2.75) is 73.1 Å². The molecule has 0 saturated heterocycles. The second-order valence-corrected chi connectivity index (χ2v) is 8.64. The molecule has 170 valence electrons. The first-order valence-electron chi connectivity index (χ1n) is 10.9. The smallest absolute Gasteiger partial charge is 0.220 e. The van der Waals surface area contributed by atoms with Gasteiger partial charge in [-0.05, 0) is 36.0 Å². The summed E-state index contributed by atoms with van der Waals surface area (Å²) in [5.74, 6) is 0.950. The Balaban J connectivity index is 0.000000712. The first-order valence-corrected chi connectivity index (χ1v) is 11.7. The second kappa shape index (κ2) is 15.8. The predicted octanol–water partition coefficient (Wildman–Crippen LogP) is 4.36. The van der Waals surface area contributed by atoms with Crippen LogP contribution in [0.5, 0.6) is 0 Å². The number of aromatic nitrogens is 1. The van der Waals surface area contributed by atoms with E-state index in [-0.39, 0.29) is 11.8 Å². The molecule has 1 aromatic carbocycles. The quantitative estimate of drug-likeness (QED) is 0.542. The summed E-state index contributed by atoms with van der Waals surface area (Å²) in [5.41, 5.74) is 12.6. The molecule has 30 heavy (non-hydrogen) atoms. The minimum Gasteiger partial charge on any atom is -0.370 e. The molecule has 2 amide bonds. The van der Waals surface area contributed by atoms with Gasteiger partial charge in [0.15, 0.2) is 0 Å². The Kier molecular flexibility index (Phi) is 14.7. The fraction of sp³-hybridized carbons (Fsp3) is 0.609. The lowest BCUT2D eigenvalue weighted by molar-refractivity contribution is -0.121. The number of hydrogen-bond donors (Lipinski definition) is 3. The van der Waals surface area contributed by atoms with Gasteiger partial charge in [-0.25, -0.2) is 4.98 Å². The van der Waals surface area contributed by atoms with E-state index in [9.17, 15) is 9.59 Å². The monoisotopic (exact) mass is 436 g/mol. The largest absolute Gasteiger partial charge is 0.370 e. The van der Waals surface area contributed by atoms with Crippen molar-refractivity contribution in [1.29, 1.82) is 0 Å². The number of nitrogens with two attached hydrogens (primary N) is 2. The maximum absolute atomic E-state index is 11.5. The van der Waals surface area contributed by atoms with Crippen molar-refractivity contribution in [3.63, 3.8) is 0 Å². The number of fused-ring (bicyclic) bond motifs is 1. The minimum absolute atomic E-state index is 0.0394. The normalized spacial score (nSPS) is 10.3. The topological polar surface area (TPSA) is 111 Å². The SMILES string of the molecule is CC.CC(C)CCC(N)=O.CC(C)c1ccc2nc(CCC(=O)NCCN)sc2c1. The van der Waals surface area contributed by atoms with Gasteiger partial charge < -0.3 is 16.8 Å². The van der Waals surface area contributed by atoms with E-state index >= 15 is 0 Å². The summed E-state index contributed by atoms with van der Waals surface area (Å²) in [6.07, 6.45) is 2.59. The summed E-state index contributed by atoms with van der Waals surface area (Å²) in [4.78, 5) is 26.2. The maximum atomic E-state index is 11.5. The summed E-state index contributed by atoms with van der Waals surface area (Å²) in [6, 6.07) is 6.40. The minimum atomic E-state index is -0.196. The molecule has 0 aliphatic carbocycles. The standard InChI is InChI=1S/C15H21N3OS.C6H13NO.C2H6/c1-10(2)11-3-4-12-13(9-11)20-15(18-12)6-5-14(19)17-8-7-16;1-5(2)3-4-6(7)8;1-2/h3-4,9-10H,5-8,16H2,1-2H3,(H,17,19);5H,3-4H2,1-2H3,(H2,7,8);1-2H3. The highest BCUT2D eigenvalue weighted by Gasteiger charge is 2.08. The molecule has 0 unspecified atom stereocenters. The van der Waals surface area contributed by atoms with Crippen molar-refractivity contribution >= 4 is 33.4 Å². The molecule has 0 radical (unpaired) electrons. The number of benzene rings is 1.